The number of carbonyl (C=O) groups excluding carboxylic acids is 1. The highest BCUT2D eigenvalue weighted by Crippen LogP contribution is 2.21. The number of likely N-dealkylation sites (tertiary alicyclic amines) is 1. The van der Waals surface area contributed by atoms with E-state index in [1.807, 2.05) is 20.8 Å². The van der Waals surface area contributed by atoms with Gasteiger partial charge in [-0.05, 0) is 49.5 Å². The fourth-order valence-electron chi connectivity index (χ4n) is 2.66. The largest absolute Gasteiger partial charge is 0.471 e. The Bertz CT molecular complexity index is 791. The molecule has 2 aromatic heterocycles. The van der Waals surface area contributed by atoms with Crippen molar-refractivity contribution in [2.24, 2.45) is 0 Å². The number of carbonyl (C=O) groups is 1. The van der Waals surface area contributed by atoms with Crippen LogP contribution in [0.5, 0.6) is 5.88 Å². The molecule has 146 valence electrons. The molecule has 1 aliphatic heterocycles. The molecule has 2 N–H and O–H groups in total. The molecule has 0 aliphatic carbocycles. The highest BCUT2D eigenvalue weighted by Gasteiger charge is 2.28. The van der Waals surface area contributed by atoms with E-state index in [0.29, 0.717) is 30.6 Å². The van der Waals surface area contributed by atoms with Crippen molar-refractivity contribution in [1.29, 1.82) is 0 Å². The van der Waals surface area contributed by atoms with Gasteiger partial charge in [0.2, 0.25) is 5.88 Å². The summed E-state index contributed by atoms with van der Waals surface area (Å²) in [7, 11) is 0. The summed E-state index contributed by atoms with van der Waals surface area (Å²) >= 11 is 3.30. The molecule has 3 heterocycles. The van der Waals surface area contributed by atoms with Gasteiger partial charge in [-0.25, -0.2) is 4.79 Å². The van der Waals surface area contributed by atoms with Crippen LogP contribution in [0.15, 0.2) is 23.1 Å². The first-order chi connectivity index (χ1) is 12.8. The number of anilines is 2. The Kier molecular flexibility index (Phi) is 5.83. The first-order valence-electron chi connectivity index (χ1n) is 8.73. The van der Waals surface area contributed by atoms with Gasteiger partial charge in [0.05, 0.1) is 18.9 Å². The number of piperidine rings is 1. The third-order valence-electron chi connectivity index (χ3n) is 3.73. The zero-order chi connectivity index (χ0) is 19.4. The van der Waals surface area contributed by atoms with Gasteiger partial charge in [-0.3, -0.25) is 10.1 Å². The lowest BCUT2D eigenvalue weighted by atomic mass is 10.1. The van der Waals surface area contributed by atoms with Crippen LogP contribution in [0.4, 0.5) is 16.4 Å². The van der Waals surface area contributed by atoms with Crippen LogP contribution in [0, 0.1) is 0 Å². The molecule has 1 amide bonds. The van der Waals surface area contributed by atoms with E-state index >= 15 is 0 Å². The van der Waals surface area contributed by atoms with Crippen LogP contribution in [-0.4, -0.2) is 56.0 Å². The number of nitrogens with one attached hydrogen (secondary N) is 2. The Morgan fingerprint density at radius 1 is 1.37 bits per heavy atom. The summed E-state index contributed by atoms with van der Waals surface area (Å²) in [5.74, 6) is 1.53. The number of aromatic nitrogens is 4. The topological polar surface area (TPSA) is 105 Å². The Morgan fingerprint density at radius 3 is 2.89 bits per heavy atom. The second kappa shape index (κ2) is 8.12. The summed E-state index contributed by atoms with van der Waals surface area (Å²) in [6, 6.07) is 1.79. The summed E-state index contributed by atoms with van der Waals surface area (Å²) in [6.07, 6.45) is 4.35. The van der Waals surface area contributed by atoms with Crippen molar-refractivity contribution in [3.8, 4) is 5.88 Å². The molecule has 1 atom stereocenters. The summed E-state index contributed by atoms with van der Waals surface area (Å²) in [5, 5.41) is 9.89. The molecule has 0 spiro atoms. The highest BCUT2D eigenvalue weighted by atomic mass is 79.9. The van der Waals surface area contributed by atoms with Crippen LogP contribution in [0.2, 0.25) is 0 Å². The van der Waals surface area contributed by atoms with Gasteiger partial charge >= 0.3 is 6.09 Å². The molecule has 0 aromatic carbocycles. The minimum absolute atomic E-state index is 0.157. The first-order valence-corrected chi connectivity index (χ1v) is 9.52. The lowest BCUT2D eigenvalue weighted by Gasteiger charge is -2.33. The van der Waals surface area contributed by atoms with Crippen molar-refractivity contribution in [1.82, 2.24) is 25.1 Å². The average Bonchev–Trinajstić information content (AvgIpc) is 2.99. The number of nitrogens with zero attached hydrogens (tertiary/aromatic N) is 4. The molecule has 10 heteroatoms. The summed E-state index contributed by atoms with van der Waals surface area (Å²) in [4.78, 5) is 22.5. The standard InChI is InChI=1S/C17H23BrN6O3/c1-17(2,3)27-16(25)24-6-4-5-11(10-24)26-15-9-19-8-14(21-15)20-13-7-12(18)22-23-13/h7-9,11H,4-6,10H2,1-3H3,(H2,20,21,22,23)/t11-/m1/s1. The van der Waals surface area contributed by atoms with Gasteiger partial charge in [0.25, 0.3) is 0 Å². The number of hydrogen-bond donors (Lipinski definition) is 2. The summed E-state index contributed by atoms with van der Waals surface area (Å²) < 4.78 is 12.2. The SMILES string of the molecule is CC(C)(C)OC(=O)N1CCC[C@@H](Oc2cncc(Nc3cc(Br)[nH]n3)n2)C1. The molecule has 0 bridgehead atoms. The van der Waals surface area contributed by atoms with Crippen LogP contribution in [0.25, 0.3) is 0 Å². The average molecular weight is 439 g/mol. The van der Waals surface area contributed by atoms with Crippen LogP contribution >= 0.6 is 15.9 Å². The van der Waals surface area contributed by atoms with Crippen LogP contribution < -0.4 is 10.1 Å². The maximum atomic E-state index is 12.3. The quantitative estimate of drug-likeness (QED) is 0.752. The van der Waals surface area contributed by atoms with Gasteiger partial charge in [-0.2, -0.15) is 10.1 Å². The van der Waals surface area contributed by atoms with Crippen molar-refractivity contribution >= 4 is 33.7 Å². The first kappa shape index (κ1) is 19.4. The number of halogens is 1. The van der Waals surface area contributed by atoms with E-state index in [4.69, 9.17) is 9.47 Å². The van der Waals surface area contributed by atoms with E-state index in [-0.39, 0.29) is 12.2 Å². The normalized spacial score (nSPS) is 17.5. The number of rotatable bonds is 4. The molecule has 0 radical (unpaired) electrons. The number of H-pyrrole nitrogens is 1. The van der Waals surface area contributed by atoms with Gasteiger partial charge in [0.1, 0.15) is 16.3 Å². The molecule has 27 heavy (non-hydrogen) atoms. The molecule has 2 aromatic rings. The number of ether oxygens (including phenoxy) is 2. The van der Waals surface area contributed by atoms with Crippen molar-refractivity contribution in [2.45, 2.75) is 45.3 Å². The van der Waals surface area contributed by atoms with Crippen LogP contribution in [-0.2, 0) is 4.74 Å². The van der Waals surface area contributed by atoms with Crippen molar-refractivity contribution in [3.05, 3.63) is 23.1 Å². The lowest BCUT2D eigenvalue weighted by molar-refractivity contribution is 0.00719. The predicted molar refractivity (Wildman–Crippen MR) is 103 cm³/mol. The van der Waals surface area contributed by atoms with Crippen molar-refractivity contribution in [2.75, 3.05) is 18.4 Å². The Hall–Kier alpha value is -2.36. The van der Waals surface area contributed by atoms with Crippen LogP contribution in [0.1, 0.15) is 33.6 Å². The molecule has 9 nitrogen and oxygen atoms in total. The maximum absolute atomic E-state index is 12.3. The smallest absolute Gasteiger partial charge is 0.410 e. The number of hydrogen-bond acceptors (Lipinski definition) is 7. The van der Waals surface area contributed by atoms with Gasteiger partial charge in [-0.15, -0.1) is 0 Å². The maximum Gasteiger partial charge on any atom is 0.410 e. The third kappa shape index (κ3) is 5.81. The van der Waals surface area contributed by atoms with E-state index in [2.05, 4.69) is 41.4 Å². The van der Waals surface area contributed by atoms with Crippen molar-refractivity contribution < 1.29 is 14.3 Å². The molecular weight excluding hydrogens is 416 g/mol. The molecule has 0 saturated carbocycles. The third-order valence-corrected chi connectivity index (χ3v) is 4.14. The van der Waals surface area contributed by atoms with E-state index in [1.54, 1.807) is 23.4 Å². The predicted octanol–water partition coefficient (Wildman–Crippen LogP) is 3.48. The Balaban J connectivity index is 1.59. The second-order valence-electron chi connectivity index (χ2n) is 7.28. The fourth-order valence-corrected chi connectivity index (χ4v) is 2.96. The summed E-state index contributed by atoms with van der Waals surface area (Å²) in [6.45, 7) is 6.69. The molecule has 1 fully saturated rings. The van der Waals surface area contributed by atoms with E-state index in [1.165, 1.54) is 0 Å². The Labute approximate surface area is 166 Å². The number of amides is 1. The van der Waals surface area contributed by atoms with Crippen molar-refractivity contribution in [3.63, 3.8) is 0 Å². The van der Waals surface area contributed by atoms with Gasteiger partial charge in [0.15, 0.2) is 11.6 Å². The zero-order valence-electron chi connectivity index (χ0n) is 15.5. The minimum atomic E-state index is -0.516. The molecule has 0 unspecified atom stereocenters. The van der Waals surface area contributed by atoms with Gasteiger partial charge < -0.3 is 19.7 Å². The minimum Gasteiger partial charge on any atom is -0.471 e. The van der Waals surface area contributed by atoms with E-state index in [9.17, 15) is 4.79 Å². The molecular formula is C17H23BrN6O3. The zero-order valence-corrected chi connectivity index (χ0v) is 17.1. The number of aromatic amines is 1. The van der Waals surface area contributed by atoms with Gasteiger partial charge in [0, 0.05) is 12.6 Å². The molecule has 1 aliphatic rings. The lowest BCUT2D eigenvalue weighted by Crippen LogP contribution is -2.46. The highest BCUT2D eigenvalue weighted by molar-refractivity contribution is 9.10. The Morgan fingerprint density at radius 2 is 2.19 bits per heavy atom. The van der Waals surface area contributed by atoms with E-state index in [0.717, 1.165) is 17.4 Å². The fraction of sp³-hybridized carbons (Fsp3) is 0.529. The summed E-state index contributed by atoms with van der Waals surface area (Å²) in [5.41, 5.74) is -0.516. The van der Waals surface area contributed by atoms with Crippen LogP contribution in [0.3, 0.4) is 0 Å². The van der Waals surface area contributed by atoms with Gasteiger partial charge in [-0.1, -0.05) is 0 Å². The molecule has 3 rings (SSSR count). The second-order valence-corrected chi connectivity index (χ2v) is 8.13. The monoisotopic (exact) mass is 438 g/mol. The van der Waals surface area contributed by atoms with E-state index < -0.39 is 5.60 Å². The molecule has 1 saturated heterocycles.